The molecule has 2 fully saturated rings. The summed E-state index contributed by atoms with van der Waals surface area (Å²) in [5.41, 5.74) is 1.99. The third-order valence-corrected chi connectivity index (χ3v) is 5.40. The Hall–Kier alpha value is -2.41. The number of furan rings is 1. The number of hydrogen-bond donors (Lipinski definition) is 0. The lowest BCUT2D eigenvalue weighted by Crippen LogP contribution is -2.46. The van der Waals surface area contributed by atoms with E-state index in [4.69, 9.17) is 4.42 Å². The van der Waals surface area contributed by atoms with Crippen molar-refractivity contribution in [1.82, 2.24) is 24.7 Å². The van der Waals surface area contributed by atoms with E-state index in [1.807, 2.05) is 10.7 Å². The smallest absolute Gasteiger partial charge is 0.179 e. The molecule has 0 bridgehead atoms. The van der Waals surface area contributed by atoms with Crippen LogP contribution in [0.2, 0.25) is 0 Å². The second kappa shape index (κ2) is 6.39. The van der Waals surface area contributed by atoms with Crippen molar-refractivity contribution in [3.63, 3.8) is 0 Å². The zero-order chi connectivity index (χ0) is 17.5. The van der Waals surface area contributed by atoms with Gasteiger partial charge in [-0.25, -0.2) is 0 Å². The highest BCUT2D eigenvalue weighted by atomic mass is 16.3. The van der Waals surface area contributed by atoms with E-state index >= 15 is 0 Å². The highest BCUT2D eigenvalue weighted by Gasteiger charge is 2.29. The largest absolute Gasteiger partial charge is 0.465 e. The van der Waals surface area contributed by atoms with Crippen molar-refractivity contribution < 1.29 is 4.42 Å². The maximum absolute atomic E-state index is 5.84. The lowest BCUT2D eigenvalue weighted by molar-refractivity contribution is 0.228. The van der Waals surface area contributed by atoms with Gasteiger partial charge in [-0.1, -0.05) is 6.92 Å². The number of piperazine rings is 1. The molecule has 26 heavy (non-hydrogen) atoms. The molecular weight excluding hydrogens is 328 g/mol. The zero-order valence-corrected chi connectivity index (χ0v) is 15.1. The molecule has 2 aliphatic rings. The lowest BCUT2D eigenvalue weighted by Gasteiger charge is -2.35. The number of hydrogen-bond acceptors (Lipinski definition) is 6. The standard InChI is InChI=1S/C19H24N6O/c1-2-16-5-6-17(26-16)13-23-7-9-24(10-8-23)15-11-18-21-22-19(14-3-4-14)25(18)20-12-15/h5-6,11-12,14H,2-4,7-10,13H2,1H3. The van der Waals surface area contributed by atoms with Gasteiger partial charge in [0.1, 0.15) is 11.5 Å². The maximum Gasteiger partial charge on any atom is 0.179 e. The molecule has 0 N–H and O–H groups in total. The average Bonchev–Trinajstić information content (AvgIpc) is 3.27. The van der Waals surface area contributed by atoms with Crippen molar-refractivity contribution >= 4 is 11.3 Å². The Morgan fingerprint density at radius 2 is 1.88 bits per heavy atom. The Morgan fingerprint density at radius 1 is 1.08 bits per heavy atom. The summed E-state index contributed by atoms with van der Waals surface area (Å²) in [7, 11) is 0. The first-order valence-corrected chi connectivity index (χ1v) is 9.56. The monoisotopic (exact) mass is 352 g/mol. The molecule has 3 aromatic rings. The second-order valence-corrected chi connectivity index (χ2v) is 7.30. The minimum absolute atomic E-state index is 0.557. The van der Waals surface area contributed by atoms with Crippen LogP contribution in [0.1, 0.15) is 43.0 Å². The van der Waals surface area contributed by atoms with Gasteiger partial charge in [0.05, 0.1) is 18.4 Å². The highest BCUT2D eigenvalue weighted by Crippen LogP contribution is 2.38. The van der Waals surface area contributed by atoms with Gasteiger partial charge in [0.15, 0.2) is 11.5 Å². The third-order valence-electron chi connectivity index (χ3n) is 5.40. The van der Waals surface area contributed by atoms with Crippen molar-refractivity contribution in [3.8, 4) is 0 Å². The van der Waals surface area contributed by atoms with Crippen LogP contribution in [0.3, 0.4) is 0 Å². The maximum atomic E-state index is 5.84. The normalized spacial score (nSPS) is 18.7. The molecule has 1 saturated heterocycles. The Labute approximate surface area is 152 Å². The van der Waals surface area contributed by atoms with E-state index in [2.05, 4.69) is 50.2 Å². The molecule has 136 valence electrons. The van der Waals surface area contributed by atoms with Crippen molar-refractivity contribution in [1.29, 1.82) is 0 Å². The fourth-order valence-corrected chi connectivity index (χ4v) is 3.65. The Bertz CT molecular complexity index is 904. The Balaban J connectivity index is 1.24. The second-order valence-electron chi connectivity index (χ2n) is 7.30. The number of rotatable bonds is 5. The van der Waals surface area contributed by atoms with E-state index in [9.17, 15) is 0 Å². The first-order chi connectivity index (χ1) is 12.8. The van der Waals surface area contributed by atoms with Crippen LogP contribution < -0.4 is 4.90 Å². The molecule has 0 unspecified atom stereocenters. The van der Waals surface area contributed by atoms with E-state index in [1.165, 1.54) is 12.8 Å². The van der Waals surface area contributed by atoms with Gasteiger partial charge < -0.3 is 9.32 Å². The molecule has 1 aliphatic carbocycles. The lowest BCUT2D eigenvalue weighted by atomic mass is 10.2. The number of aromatic nitrogens is 4. The van der Waals surface area contributed by atoms with Crippen LogP contribution in [-0.4, -0.2) is 50.9 Å². The van der Waals surface area contributed by atoms with Crippen LogP contribution in [0.4, 0.5) is 5.69 Å². The van der Waals surface area contributed by atoms with Gasteiger partial charge in [-0.2, -0.15) is 9.61 Å². The predicted molar refractivity (Wildman–Crippen MR) is 98.3 cm³/mol. The van der Waals surface area contributed by atoms with Crippen LogP contribution in [0.15, 0.2) is 28.8 Å². The van der Waals surface area contributed by atoms with Gasteiger partial charge in [-0.05, 0) is 25.0 Å². The minimum atomic E-state index is 0.557. The minimum Gasteiger partial charge on any atom is -0.465 e. The summed E-state index contributed by atoms with van der Waals surface area (Å²) in [4.78, 5) is 4.83. The van der Waals surface area contributed by atoms with Gasteiger partial charge in [0.25, 0.3) is 0 Å². The van der Waals surface area contributed by atoms with Crippen LogP contribution in [0.25, 0.3) is 5.65 Å². The Kier molecular flexibility index (Phi) is 3.89. The molecule has 4 heterocycles. The zero-order valence-electron chi connectivity index (χ0n) is 15.1. The average molecular weight is 352 g/mol. The molecule has 1 aliphatic heterocycles. The summed E-state index contributed by atoms with van der Waals surface area (Å²) in [5, 5.41) is 13.2. The number of fused-ring (bicyclic) bond motifs is 1. The summed E-state index contributed by atoms with van der Waals surface area (Å²) in [5.74, 6) is 3.70. The molecular formula is C19H24N6O. The topological polar surface area (TPSA) is 62.7 Å². The summed E-state index contributed by atoms with van der Waals surface area (Å²) in [6.45, 7) is 7.03. The van der Waals surface area contributed by atoms with Crippen LogP contribution in [0.5, 0.6) is 0 Å². The molecule has 5 rings (SSSR count). The van der Waals surface area contributed by atoms with Crippen LogP contribution >= 0.6 is 0 Å². The van der Waals surface area contributed by atoms with Crippen LogP contribution in [-0.2, 0) is 13.0 Å². The predicted octanol–water partition coefficient (Wildman–Crippen LogP) is 2.48. The highest BCUT2D eigenvalue weighted by molar-refractivity contribution is 5.54. The molecule has 3 aromatic heterocycles. The third kappa shape index (κ3) is 2.96. The van der Waals surface area contributed by atoms with E-state index in [1.54, 1.807) is 0 Å². The van der Waals surface area contributed by atoms with Gasteiger partial charge in [0, 0.05) is 44.6 Å². The fourth-order valence-electron chi connectivity index (χ4n) is 3.65. The van der Waals surface area contributed by atoms with E-state index in [-0.39, 0.29) is 0 Å². The molecule has 7 nitrogen and oxygen atoms in total. The molecule has 0 aromatic carbocycles. The summed E-state index contributed by atoms with van der Waals surface area (Å²) >= 11 is 0. The summed E-state index contributed by atoms with van der Waals surface area (Å²) in [6, 6.07) is 6.30. The van der Waals surface area contributed by atoms with E-state index in [0.717, 1.165) is 67.8 Å². The van der Waals surface area contributed by atoms with E-state index < -0.39 is 0 Å². The van der Waals surface area contributed by atoms with Gasteiger partial charge in [-0.3, -0.25) is 4.90 Å². The molecule has 0 amide bonds. The molecule has 7 heteroatoms. The first kappa shape index (κ1) is 15.8. The summed E-state index contributed by atoms with van der Waals surface area (Å²) < 4.78 is 7.74. The molecule has 0 atom stereocenters. The molecule has 0 spiro atoms. The van der Waals surface area contributed by atoms with Crippen molar-refractivity contribution in [3.05, 3.63) is 41.7 Å². The number of nitrogens with zero attached hydrogens (tertiary/aromatic N) is 6. The first-order valence-electron chi connectivity index (χ1n) is 9.56. The van der Waals surface area contributed by atoms with Gasteiger partial charge in [-0.15, -0.1) is 10.2 Å². The van der Waals surface area contributed by atoms with Crippen molar-refractivity contribution in [2.75, 3.05) is 31.1 Å². The van der Waals surface area contributed by atoms with Crippen molar-refractivity contribution in [2.45, 2.75) is 38.6 Å². The van der Waals surface area contributed by atoms with Crippen molar-refractivity contribution in [2.24, 2.45) is 0 Å². The van der Waals surface area contributed by atoms with Gasteiger partial charge in [0.2, 0.25) is 0 Å². The molecule has 1 saturated carbocycles. The quantitative estimate of drug-likeness (QED) is 0.703. The fraction of sp³-hybridized carbons (Fsp3) is 0.526. The number of aryl methyl sites for hydroxylation is 1. The SMILES string of the molecule is CCc1ccc(CN2CCN(c3cnn4c(C5CC5)nnc4c3)CC2)o1. The summed E-state index contributed by atoms with van der Waals surface area (Å²) in [6.07, 6.45) is 5.33. The van der Waals surface area contributed by atoms with E-state index in [0.29, 0.717) is 5.92 Å². The number of anilines is 1. The van der Waals surface area contributed by atoms with Gasteiger partial charge >= 0.3 is 0 Å². The Morgan fingerprint density at radius 3 is 2.62 bits per heavy atom. The molecule has 0 radical (unpaired) electrons. The van der Waals surface area contributed by atoms with Crippen LogP contribution in [0, 0.1) is 0 Å².